The molecule has 3 rings (SSSR count). The first kappa shape index (κ1) is 19.4. The van der Waals surface area contributed by atoms with Crippen LogP contribution in [0.15, 0.2) is 54.6 Å². The number of anilines is 1. The quantitative estimate of drug-likeness (QED) is 0.693. The zero-order valence-corrected chi connectivity index (χ0v) is 16.4. The van der Waals surface area contributed by atoms with E-state index in [1.807, 2.05) is 18.2 Å². The van der Waals surface area contributed by atoms with Crippen LogP contribution in [0.5, 0.6) is 0 Å². The van der Waals surface area contributed by atoms with Gasteiger partial charge in [0.1, 0.15) is 0 Å². The second kappa shape index (κ2) is 9.52. The van der Waals surface area contributed by atoms with Crippen LogP contribution in [0.4, 0.5) is 5.69 Å². The molecular weight excluding hydrogens is 332 g/mol. The van der Waals surface area contributed by atoms with E-state index in [2.05, 4.69) is 60.5 Å². The van der Waals surface area contributed by atoms with Crippen LogP contribution >= 0.6 is 0 Å². The van der Waals surface area contributed by atoms with Crippen molar-refractivity contribution in [1.82, 2.24) is 4.90 Å². The molecule has 0 saturated carbocycles. The maximum atomic E-state index is 12.2. The van der Waals surface area contributed by atoms with Crippen molar-refractivity contribution in [2.24, 2.45) is 0 Å². The molecule has 2 aromatic rings. The highest BCUT2D eigenvalue weighted by Crippen LogP contribution is 2.17. The first-order chi connectivity index (χ1) is 13.1. The lowest BCUT2D eigenvalue weighted by Crippen LogP contribution is -2.29. The lowest BCUT2D eigenvalue weighted by atomic mass is 10.0. The Morgan fingerprint density at radius 3 is 2.30 bits per heavy atom. The summed E-state index contributed by atoms with van der Waals surface area (Å²) in [7, 11) is 0. The molecule has 0 bridgehead atoms. The van der Waals surface area contributed by atoms with Gasteiger partial charge in [-0.25, -0.2) is 0 Å². The van der Waals surface area contributed by atoms with Gasteiger partial charge in [0.2, 0.25) is 5.91 Å². The highest BCUT2D eigenvalue weighted by atomic mass is 16.1. The topological polar surface area (TPSA) is 32.3 Å². The van der Waals surface area contributed by atoms with Gasteiger partial charge in [-0.05, 0) is 66.7 Å². The van der Waals surface area contributed by atoms with Gasteiger partial charge in [-0.3, -0.25) is 9.69 Å². The van der Waals surface area contributed by atoms with Gasteiger partial charge in [0.25, 0.3) is 0 Å². The van der Waals surface area contributed by atoms with Gasteiger partial charge in [0.15, 0.2) is 0 Å². The number of nitrogens with zero attached hydrogens (tertiary/aromatic N) is 1. The maximum absolute atomic E-state index is 12.2. The molecule has 2 aromatic carbocycles. The van der Waals surface area contributed by atoms with Gasteiger partial charge in [0, 0.05) is 18.3 Å². The van der Waals surface area contributed by atoms with Crippen molar-refractivity contribution in [2.45, 2.75) is 45.6 Å². The standard InChI is InChI=1S/C24H30N2O/c1-19(2)22-11-6-20(7-12-22)10-15-24(27)25-23-13-8-21(9-14-23)18-26-16-4-3-5-17-26/h6-15,19H,3-5,16-18H2,1-2H3,(H,25,27). The summed E-state index contributed by atoms with van der Waals surface area (Å²) in [5, 5.41) is 2.93. The minimum atomic E-state index is -0.105. The molecule has 0 spiro atoms. The van der Waals surface area contributed by atoms with Crippen LogP contribution in [0.2, 0.25) is 0 Å². The monoisotopic (exact) mass is 362 g/mol. The zero-order chi connectivity index (χ0) is 19.1. The number of hydrogen-bond donors (Lipinski definition) is 1. The molecular formula is C24H30N2O. The Kier molecular flexibility index (Phi) is 6.83. The summed E-state index contributed by atoms with van der Waals surface area (Å²) in [6, 6.07) is 16.5. The molecule has 142 valence electrons. The fourth-order valence-electron chi connectivity index (χ4n) is 3.42. The molecule has 1 saturated heterocycles. The average molecular weight is 363 g/mol. The summed E-state index contributed by atoms with van der Waals surface area (Å²) < 4.78 is 0. The third-order valence-corrected chi connectivity index (χ3v) is 5.11. The van der Waals surface area contributed by atoms with E-state index >= 15 is 0 Å². The number of rotatable bonds is 6. The van der Waals surface area contributed by atoms with Crippen LogP contribution in [0.1, 0.15) is 55.7 Å². The maximum Gasteiger partial charge on any atom is 0.248 e. The van der Waals surface area contributed by atoms with Crippen LogP contribution in [-0.2, 0) is 11.3 Å². The number of nitrogens with one attached hydrogen (secondary N) is 1. The van der Waals surface area contributed by atoms with Crippen LogP contribution in [0, 0.1) is 0 Å². The Labute approximate surface area is 163 Å². The molecule has 0 aliphatic carbocycles. The summed E-state index contributed by atoms with van der Waals surface area (Å²) in [4.78, 5) is 14.7. The Hall–Kier alpha value is -2.39. The van der Waals surface area contributed by atoms with Crippen molar-refractivity contribution >= 4 is 17.7 Å². The van der Waals surface area contributed by atoms with Crippen LogP contribution < -0.4 is 5.32 Å². The fourth-order valence-corrected chi connectivity index (χ4v) is 3.42. The van der Waals surface area contributed by atoms with Crippen LogP contribution in [0.3, 0.4) is 0 Å². The molecule has 1 aliphatic rings. The molecule has 1 aliphatic heterocycles. The van der Waals surface area contributed by atoms with E-state index in [0.29, 0.717) is 5.92 Å². The number of amides is 1. The van der Waals surface area contributed by atoms with Crippen LogP contribution in [-0.4, -0.2) is 23.9 Å². The fraction of sp³-hybridized carbons (Fsp3) is 0.375. The third kappa shape index (κ3) is 6.07. The van der Waals surface area contributed by atoms with E-state index < -0.39 is 0 Å². The second-order valence-electron chi connectivity index (χ2n) is 7.68. The van der Waals surface area contributed by atoms with Crippen LogP contribution in [0.25, 0.3) is 6.08 Å². The van der Waals surface area contributed by atoms with Crippen molar-refractivity contribution in [2.75, 3.05) is 18.4 Å². The number of carbonyl (C=O) groups excluding carboxylic acids is 1. The molecule has 1 amide bonds. The molecule has 1 fully saturated rings. The molecule has 0 unspecified atom stereocenters. The SMILES string of the molecule is CC(C)c1ccc(C=CC(=O)Nc2ccc(CN3CCCCC3)cc2)cc1. The Balaban J connectivity index is 1.51. The summed E-state index contributed by atoms with van der Waals surface area (Å²) in [5.41, 5.74) is 4.48. The summed E-state index contributed by atoms with van der Waals surface area (Å²) in [6.45, 7) is 7.75. The summed E-state index contributed by atoms with van der Waals surface area (Å²) in [5.74, 6) is 0.413. The van der Waals surface area contributed by atoms with Gasteiger partial charge in [-0.15, -0.1) is 0 Å². The first-order valence-corrected chi connectivity index (χ1v) is 10.0. The van der Waals surface area contributed by atoms with Crippen molar-refractivity contribution in [3.63, 3.8) is 0 Å². The van der Waals surface area contributed by atoms with Crippen molar-refractivity contribution in [1.29, 1.82) is 0 Å². The first-order valence-electron chi connectivity index (χ1n) is 10.0. The van der Waals surface area contributed by atoms with Crippen molar-refractivity contribution in [3.05, 3.63) is 71.3 Å². The third-order valence-electron chi connectivity index (χ3n) is 5.11. The van der Waals surface area contributed by atoms with E-state index in [1.165, 1.54) is 43.5 Å². The summed E-state index contributed by atoms with van der Waals surface area (Å²) >= 11 is 0. The minimum absolute atomic E-state index is 0.105. The number of likely N-dealkylation sites (tertiary alicyclic amines) is 1. The van der Waals surface area contributed by atoms with Gasteiger partial charge in [-0.2, -0.15) is 0 Å². The van der Waals surface area contributed by atoms with Crippen molar-refractivity contribution < 1.29 is 4.79 Å². The molecule has 0 atom stereocenters. The molecule has 1 N–H and O–H groups in total. The minimum Gasteiger partial charge on any atom is -0.323 e. The van der Waals surface area contributed by atoms with E-state index in [0.717, 1.165) is 17.8 Å². The lowest BCUT2D eigenvalue weighted by Gasteiger charge is -2.26. The summed E-state index contributed by atoms with van der Waals surface area (Å²) in [6.07, 6.45) is 7.41. The smallest absolute Gasteiger partial charge is 0.248 e. The number of carbonyl (C=O) groups is 1. The predicted octanol–water partition coefficient (Wildman–Crippen LogP) is 5.45. The number of benzene rings is 2. The molecule has 27 heavy (non-hydrogen) atoms. The van der Waals surface area contributed by atoms with Gasteiger partial charge >= 0.3 is 0 Å². The van der Waals surface area contributed by atoms with E-state index in [-0.39, 0.29) is 5.91 Å². The van der Waals surface area contributed by atoms with Gasteiger partial charge in [-0.1, -0.05) is 56.7 Å². The average Bonchev–Trinajstić information content (AvgIpc) is 2.69. The second-order valence-corrected chi connectivity index (χ2v) is 7.68. The number of hydrogen-bond acceptors (Lipinski definition) is 2. The highest BCUT2D eigenvalue weighted by molar-refractivity contribution is 6.01. The Morgan fingerprint density at radius 1 is 1.00 bits per heavy atom. The molecule has 1 heterocycles. The molecule has 3 heteroatoms. The lowest BCUT2D eigenvalue weighted by molar-refractivity contribution is -0.111. The van der Waals surface area contributed by atoms with E-state index in [4.69, 9.17) is 0 Å². The highest BCUT2D eigenvalue weighted by Gasteiger charge is 2.10. The van der Waals surface area contributed by atoms with Gasteiger partial charge in [0.05, 0.1) is 0 Å². The van der Waals surface area contributed by atoms with E-state index in [1.54, 1.807) is 6.08 Å². The predicted molar refractivity (Wildman–Crippen MR) is 114 cm³/mol. The normalized spacial score (nSPS) is 15.4. The van der Waals surface area contributed by atoms with Crippen molar-refractivity contribution in [3.8, 4) is 0 Å². The molecule has 0 aromatic heterocycles. The zero-order valence-electron chi connectivity index (χ0n) is 16.4. The largest absolute Gasteiger partial charge is 0.323 e. The molecule has 0 radical (unpaired) electrons. The molecule has 3 nitrogen and oxygen atoms in total. The Morgan fingerprint density at radius 2 is 1.67 bits per heavy atom. The van der Waals surface area contributed by atoms with E-state index in [9.17, 15) is 4.79 Å². The van der Waals surface area contributed by atoms with Gasteiger partial charge < -0.3 is 5.32 Å². The Bertz CT molecular complexity index is 754. The number of piperidine rings is 1.